The molecule has 3 nitrogen and oxygen atoms in total. The highest BCUT2D eigenvalue weighted by molar-refractivity contribution is 5.86. The topological polar surface area (TPSA) is 52.9 Å². The number of amides is 1. The molecule has 1 atom stereocenters. The summed E-state index contributed by atoms with van der Waals surface area (Å²) >= 11 is 0. The van der Waals surface area contributed by atoms with Crippen LogP contribution in [0.1, 0.15) is 19.4 Å². The Morgan fingerprint density at radius 3 is 2.60 bits per heavy atom. The van der Waals surface area contributed by atoms with Gasteiger partial charge in [0.25, 0.3) is 0 Å². The minimum absolute atomic E-state index is 0.0208. The molecular formula is C17H18N2O. The highest BCUT2D eigenvalue weighted by Gasteiger charge is 2.21. The maximum Gasteiger partial charge on any atom is 0.237 e. The number of nitriles is 1. The van der Waals surface area contributed by atoms with E-state index >= 15 is 0 Å². The summed E-state index contributed by atoms with van der Waals surface area (Å²) in [7, 11) is 0. The van der Waals surface area contributed by atoms with Gasteiger partial charge in [-0.3, -0.25) is 4.79 Å². The monoisotopic (exact) mass is 266 g/mol. The van der Waals surface area contributed by atoms with Crippen molar-refractivity contribution < 1.29 is 4.79 Å². The molecular weight excluding hydrogens is 248 g/mol. The molecule has 0 radical (unpaired) electrons. The molecule has 102 valence electrons. The summed E-state index contributed by atoms with van der Waals surface area (Å²) in [4.78, 5) is 12.0. The van der Waals surface area contributed by atoms with E-state index in [0.717, 1.165) is 16.3 Å². The summed E-state index contributed by atoms with van der Waals surface area (Å²) in [5.41, 5.74) is 1.07. The van der Waals surface area contributed by atoms with E-state index in [4.69, 9.17) is 5.26 Å². The molecule has 0 saturated heterocycles. The molecule has 0 aliphatic carbocycles. The lowest BCUT2D eigenvalue weighted by molar-refractivity contribution is -0.124. The fraction of sp³-hybridized carbons (Fsp3) is 0.294. The second-order valence-corrected chi connectivity index (χ2v) is 5.21. The van der Waals surface area contributed by atoms with Gasteiger partial charge in [0.1, 0.15) is 5.92 Å². The zero-order valence-corrected chi connectivity index (χ0v) is 11.8. The number of fused-ring (bicyclic) bond motifs is 1. The zero-order valence-electron chi connectivity index (χ0n) is 11.8. The largest absolute Gasteiger partial charge is 0.351 e. The van der Waals surface area contributed by atoms with Gasteiger partial charge in [0.2, 0.25) is 5.91 Å². The van der Waals surface area contributed by atoms with Crippen LogP contribution in [0, 0.1) is 23.2 Å². The predicted octanol–water partition coefficient (Wildman–Crippen LogP) is 3.25. The lowest BCUT2D eigenvalue weighted by Gasteiger charge is -2.14. The van der Waals surface area contributed by atoms with Crippen LogP contribution in [0.4, 0.5) is 0 Å². The summed E-state index contributed by atoms with van der Waals surface area (Å²) in [6.45, 7) is 4.21. The van der Waals surface area contributed by atoms with E-state index in [2.05, 4.69) is 11.4 Å². The van der Waals surface area contributed by atoms with Gasteiger partial charge >= 0.3 is 0 Å². The van der Waals surface area contributed by atoms with Crippen molar-refractivity contribution in [3.05, 3.63) is 48.0 Å². The molecule has 0 fully saturated rings. The summed E-state index contributed by atoms with van der Waals surface area (Å²) in [5.74, 6) is -0.770. The van der Waals surface area contributed by atoms with Crippen molar-refractivity contribution in [3.63, 3.8) is 0 Å². The first-order valence-corrected chi connectivity index (χ1v) is 6.77. The maximum absolute atomic E-state index is 12.0. The third-order valence-corrected chi connectivity index (χ3v) is 3.42. The first-order valence-electron chi connectivity index (χ1n) is 6.77. The molecule has 2 rings (SSSR count). The van der Waals surface area contributed by atoms with Gasteiger partial charge in [0.05, 0.1) is 6.07 Å². The molecule has 0 aromatic heterocycles. The Morgan fingerprint density at radius 1 is 1.20 bits per heavy atom. The van der Waals surface area contributed by atoms with Crippen molar-refractivity contribution in [3.8, 4) is 6.07 Å². The van der Waals surface area contributed by atoms with Gasteiger partial charge in [0, 0.05) is 6.54 Å². The molecule has 2 aromatic carbocycles. The Balaban J connectivity index is 2.14. The molecule has 0 bridgehead atoms. The second-order valence-electron chi connectivity index (χ2n) is 5.21. The highest BCUT2D eigenvalue weighted by atomic mass is 16.1. The third-order valence-electron chi connectivity index (χ3n) is 3.42. The number of hydrogen-bond acceptors (Lipinski definition) is 2. The van der Waals surface area contributed by atoms with E-state index < -0.39 is 5.92 Å². The number of benzene rings is 2. The van der Waals surface area contributed by atoms with Crippen LogP contribution in [0.15, 0.2) is 42.5 Å². The van der Waals surface area contributed by atoms with Crippen LogP contribution in [0.3, 0.4) is 0 Å². The Kier molecular flexibility index (Phi) is 4.37. The van der Waals surface area contributed by atoms with Gasteiger partial charge in [-0.25, -0.2) is 0 Å². The van der Waals surface area contributed by atoms with E-state index in [1.165, 1.54) is 0 Å². The Bertz CT molecular complexity index is 650. The van der Waals surface area contributed by atoms with Gasteiger partial charge in [-0.2, -0.15) is 5.26 Å². The van der Waals surface area contributed by atoms with E-state index in [0.29, 0.717) is 6.54 Å². The van der Waals surface area contributed by atoms with Crippen LogP contribution in [-0.2, 0) is 11.3 Å². The van der Waals surface area contributed by atoms with Gasteiger partial charge in [-0.05, 0) is 22.3 Å². The molecule has 20 heavy (non-hydrogen) atoms. The molecule has 0 heterocycles. The molecule has 0 aliphatic rings. The minimum atomic E-state index is -0.593. The van der Waals surface area contributed by atoms with Crippen molar-refractivity contribution in [2.45, 2.75) is 20.4 Å². The number of hydrogen-bond donors (Lipinski definition) is 1. The SMILES string of the molecule is CC(C)C(C#N)C(=O)NCc1cccc2ccccc12. The standard InChI is InChI=1S/C17H18N2O/c1-12(2)16(10-18)17(20)19-11-14-8-5-7-13-6-3-4-9-15(13)14/h3-9,12,16H,11H2,1-2H3,(H,19,20). The number of carbonyl (C=O) groups excluding carboxylic acids is 1. The van der Waals surface area contributed by atoms with Gasteiger partial charge in [0.15, 0.2) is 0 Å². The lowest BCUT2D eigenvalue weighted by Crippen LogP contribution is -2.32. The van der Waals surface area contributed by atoms with Crippen LogP contribution >= 0.6 is 0 Å². The summed E-state index contributed by atoms with van der Waals surface area (Å²) < 4.78 is 0. The normalized spacial score (nSPS) is 12.1. The van der Waals surface area contributed by atoms with Crippen LogP contribution in [0.2, 0.25) is 0 Å². The second kappa shape index (κ2) is 6.21. The first kappa shape index (κ1) is 14.1. The van der Waals surface area contributed by atoms with Crippen molar-refractivity contribution >= 4 is 16.7 Å². The quantitative estimate of drug-likeness (QED) is 0.923. The van der Waals surface area contributed by atoms with Crippen molar-refractivity contribution in [2.75, 3.05) is 0 Å². The van der Waals surface area contributed by atoms with Gasteiger partial charge < -0.3 is 5.32 Å². The summed E-state index contributed by atoms with van der Waals surface area (Å²) in [5, 5.41) is 14.2. The molecule has 2 aromatic rings. The minimum Gasteiger partial charge on any atom is -0.351 e. The molecule has 1 N–H and O–H groups in total. The van der Waals surface area contributed by atoms with Crippen LogP contribution in [-0.4, -0.2) is 5.91 Å². The number of carbonyl (C=O) groups is 1. The number of nitrogens with zero attached hydrogens (tertiary/aromatic N) is 1. The molecule has 1 amide bonds. The number of rotatable bonds is 4. The average Bonchev–Trinajstić information content (AvgIpc) is 2.45. The Morgan fingerprint density at radius 2 is 1.90 bits per heavy atom. The van der Waals surface area contributed by atoms with E-state index in [1.54, 1.807) is 0 Å². The smallest absolute Gasteiger partial charge is 0.237 e. The summed E-state index contributed by atoms with van der Waals surface area (Å²) in [6.07, 6.45) is 0. The predicted molar refractivity (Wildman–Crippen MR) is 79.7 cm³/mol. The molecule has 1 unspecified atom stereocenters. The molecule has 3 heteroatoms. The van der Waals surface area contributed by atoms with E-state index in [-0.39, 0.29) is 11.8 Å². The lowest BCUT2D eigenvalue weighted by atomic mass is 9.96. The van der Waals surface area contributed by atoms with Gasteiger partial charge in [-0.1, -0.05) is 56.3 Å². The van der Waals surface area contributed by atoms with E-state index in [9.17, 15) is 4.79 Å². The molecule has 0 spiro atoms. The first-order chi connectivity index (χ1) is 9.63. The Labute approximate surface area is 119 Å². The zero-order chi connectivity index (χ0) is 14.5. The van der Waals surface area contributed by atoms with Crippen molar-refractivity contribution in [2.24, 2.45) is 11.8 Å². The highest BCUT2D eigenvalue weighted by Crippen LogP contribution is 2.18. The fourth-order valence-corrected chi connectivity index (χ4v) is 2.25. The van der Waals surface area contributed by atoms with Crippen molar-refractivity contribution in [1.82, 2.24) is 5.32 Å². The van der Waals surface area contributed by atoms with Gasteiger partial charge in [-0.15, -0.1) is 0 Å². The van der Waals surface area contributed by atoms with Crippen LogP contribution < -0.4 is 5.32 Å². The summed E-state index contributed by atoms with van der Waals surface area (Å²) in [6, 6.07) is 16.2. The third kappa shape index (κ3) is 2.97. The van der Waals surface area contributed by atoms with E-state index in [1.807, 2.05) is 56.3 Å². The number of nitrogens with one attached hydrogen (secondary N) is 1. The molecule has 0 saturated carbocycles. The molecule has 0 aliphatic heterocycles. The average molecular weight is 266 g/mol. The Hall–Kier alpha value is -2.34. The van der Waals surface area contributed by atoms with Crippen LogP contribution in [0.5, 0.6) is 0 Å². The fourth-order valence-electron chi connectivity index (χ4n) is 2.25. The maximum atomic E-state index is 12.0. The van der Waals surface area contributed by atoms with Crippen molar-refractivity contribution in [1.29, 1.82) is 5.26 Å². The van der Waals surface area contributed by atoms with Crippen LogP contribution in [0.25, 0.3) is 10.8 Å².